The van der Waals surface area contributed by atoms with Crippen LogP contribution in [0.3, 0.4) is 0 Å². The number of aliphatic hydroxyl groups excluding tert-OH is 1. The van der Waals surface area contributed by atoms with Crippen LogP contribution in [0, 0.1) is 17.8 Å². The Hall–Kier alpha value is -1.94. The third-order valence-corrected chi connectivity index (χ3v) is 18.0. The van der Waals surface area contributed by atoms with Crippen molar-refractivity contribution < 1.29 is 80.2 Å². The van der Waals surface area contributed by atoms with Crippen molar-refractivity contribution in [3.05, 3.63) is 0 Å². The van der Waals surface area contributed by atoms with Gasteiger partial charge in [-0.25, -0.2) is 9.13 Å². The maximum Gasteiger partial charge on any atom is 0.472 e. The molecule has 0 saturated carbocycles. The van der Waals surface area contributed by atoms with E-state index in [4.69, 9.17) is 37.0 Å². The Morgan fingerprint density at radius 2 is 0.517 bits per heavy atom. The van der Waals surface area contributed by atoms with Crippen molar-refractivity contribution in [1.29, 1.82) is 0 Å². The van der Waals surface area contributed by atoms with Crippen LogP contribution in [0.15, 0.2) is 0 Å². The second-order valence-corrected chi connectivity index (χ2v) is 29.6. The van der Waals surface area contributed by atoms with E-state index >= 15 is 0 Å². The molecule has 17 nitrogen and oxygen atoms in total. The summed E-state index contributed by atoms with van der Waals surface area (Å²) in [5, 5.41) is 10.6. The van der Waals surface area contributed by atoms with Crippen LogP contribution >= 0.6 is 15.6 Å². The fraction of sp³-hybridized carbons (Fsp3) is 0.943. The zero-order chi connectivity index (χ0) is 65.9. The molecule has 0 bridgehead atoms. The van der Waals surface area contributed by atoms with Crippen LogP contribution in [0.1, 0.15) is 350 Å². The van der Waals surface area contributed by atoms with Crippen LogP contribution in [-0.2, 0) is 65.4 Å². The van der Waals surface area contributed by atoms with E-state index in [0.717, 1.165) is 108 Å². The first-order valence-corrected chi connectivity index (χ1v) is 39.3. The summed E-state index contributed by atoms with van der Waals surface area (Å²) >= 11 is 0. The molecule has 0 radical (unpaired) electrons. The molecule has 0 aromatic heterocycles. The maximum atomic E-state index is 13.0. The summed E-state index contributed by atoms with van der Waals surface area (Å²) in [5.74, 6) is 0.0909. The topological polar surface area (TPSA) is 237 Å². The zero-order valence-corrected chi connectivity index (χ0v) is 59.7. The normalized spacial score (nSPS) is 14.2. The molecule has 0 heterocycles. The lowest BCUT2D eigenvalue weighted by Crippen LogP contribution is -2.30. The highest BCUT2D eigenvalue weighted by molar-refractivity contribution is 7.47. The monoisotopic (exact) mass is 1310 g/mol. The third kappa shape index (κ3) is 64.6. The fourth-order valence-corrected chi connectivity index (χ4v) is 12.1. The SMILES string of the molecule is CCCCCCCCCCCCCC(=O)O[C@H](COC(=O)CCCCCCCCC(C)C)COP(=O)(O)OC[C@H](O)COP(=O)(O)OC[C@@H](COC(=O)CCCCCCCCCCCC(C)C)OC(=O)CCCCCCCCCCCCCCCCC(C)C. The molecule has 5 atom stereocenters. The Balaban J connectivity index is 5.23. The molecule has 0 aliphatic rings. The zero-order valence-electron chi connectivity index (χ0n) is 57.9. The Labute approximate surface area is 543 Å². The Bertz CT molecular complexity index is 1750. The number of aliphatic hydroxyl groups is 1. The number of hydrogen-bond donors (Lipinski definition) is 3. The molecular weight excluding hydrogens is 1170 g/mol. The molecule has 89 heavy (non-hydrogen) atoms. The average molecular weight is 1310 g/mol. The predicted molar refractivity (Wildman–Crippen MR) is 358 cm³/mol. The number of unbranched alkanes of at least 4 members (excludes halogenated alkanes) is 36. The Morgan fingerprint density at radius 1 is 0.303 bits per heavy atom. The Morgan fingerprint density at radius 3 is 0.764 bits per heavy atom. The molecular formula is C70H136O17P2. The van der Waals surface area contributed by atoms with Gasteiger partial charge in [-0.3, -0.25) is 37.3 Å². The van der Waals surface area contributed by atoms with E-state index in [1.807, 2.05) is 0 Å². The third-order valence-electron chi connectivity index (χ3n) is 16.1. The van der Waals surface area contributed by atoms with Crippen molar-refractivity contribution in [1.82, 2.24) is 0 Å². The number of phosphoric acid groups is 2. The summed E-state index contributed by atoms with van der Waals surface area (Å²) in [6.45, 7) is 11.8. The van der Waals surface area contributed by atoms with Crippen molar-refractivity contribution in [2.24, 2.45) is 17.8 Å². The molecule has 19 heteroatoms. The molecule has 0 amide bonds. The largest absolute Gasteiger partial charge is 0.472 e. The molecule has 0 aliphatic carbocycles. The highest BCUT2D eigenvalue weighted by Crippen LogP contribution is 2.45. The number of carbonyl (C=O) groups is 4. The van der Waals surface area contributed by atoms with E-state index in [1.165, 1.54) is 154 Å². The van der Waals surface area contributed by atoms with E-state index < -0.39 is 97.5 Å². The molecule has 528 valence electrons. The van der Waals surface area contributed by atoms with E-state index in [0.29, 0.717) is 31.6 Å². The molecule has 0 saturated heterocycles. The average Bonchev–Trinajstić information content (AvgIpc) is 3.66. The smallest absolute Gasteiger partial charge is 0.462 e. The van der Waals surface area contributed by atoms with Gasteiger partial charge in [-0.05, 0) is 43.4 Å². The summed E-state index contributed by atoms with van der Waals surface area (Å²) in [5.41, 5.74) is 0. The van der Waals surface area contributed by atoms with E-state index in [9.17, 15) is 43.2 Å². The summed E-state index contributed by atoms with van der Waals surface area (Å²) in [6.07, 6.45) is 44.5. The lowest BCUT2D eigenvalue weighted by molar-refractivity contribution is -0.161. The standard InChI is InChI=1S/C70H136O17P2/c1-8-9-10-11-12-13-18-24-30-39-46-53-69(74)87-66(58-81-68(73)52-45-38-33-32-36-43-50-63(6)7)60-85-89(78,79)83-56-64(71)55-82-88(76,77)84-59-65(57-80-67(72)51-44-37-29-26-21-23-28-35-42-49-62(4)5)86-70(75)54-47-40-31-25-20-17-15-14-16-19-22-27-34-41-48-61(2)3/h61-66,71H,8-60H2,1-7H3,(H,76,77)(H,78,79)/t64-,65-,66-/m1/s1. The van der Waals surface area contributed by atoms with E-state index in [-0.39, 0.29) is 25.7 Å². The number of phosphoric ester groups is 2. The van der Waals surface area contributed by atoms with Gasteiger partial charge in [0.15, 0.2) is 12.2 Å². The van der Waals surface area contributed by atoms with Gasteiger partial charge in [0.25, 0.3) is 0 Å². The maximum absolute atomic E-state index is 13.0. The van der Waals surface area contributed by atoms with Crippen molar-refractivity contribution in [2.75, 3.05) is 39.6 Å². The summed E-state index contributed by atoms with van der Waals surface area (Å²) in [4.78, 5) is 72.5. The van der Waals surface area contributed by atoms with Gasteiger partial charge < -0.3 is 33.8 Å². The van der Waals surface area contributed by atoms with Gasteiger partial charge in [0.2, 0.25) is 0 Å². The summed E-state index contributed by atoms with van der Waals surface area (Å²) < 4.78 is 68.2. The quantitative estimate of drug-likeness (QED) is 0.0222. The predicted octanol–water partition coefficient (Wildman–Crippen LogP) is 19.8. The molecule has 2 unspecified atom stereocenters. The summed E-state index contributed by atoms with van der Waals surface area (Å²) in [6, 6.07) is 0. The molecule has 3 N–H and O–H groups in total. The van der Waals surface area contributed by atoms with Crippen LogP contribution in [-0.4, -0.2) is 96.7 Å². The lowest BCUT2D eigenvalue weighted by Gasteiger charge is -2.21. The summed E-state index contributed by atoms with van der Waals surface area (Å²) in [7, 11) is -9.90. The van der Waals surface area contributed by atoms with Crippen LogP contribution in [0.5, 0.6) is 0 Å². The van der Waals surface area contributed by atoms with Crippen LogP contribution in [0.25, 0.3) is 0 Å². The van der Waals surface area contributed by atoms with Crippen molar-refractivity contribution in [2.45, 2.75) is 369 Å². The second kappa shape index (κ2) is 61.0. The molecule has 0 spiro atoms. The van der Waals surface area contributed by atoms with Crippen molar-refractivity contribution in [3.8, 4) is 0 Å². The highest BCUT2D eigenvalue weighted by Gasteiger charge is 2.30. The van der Waals surface area contributed by atoms with Crippen LogP contribution < -0.4 is 0 Å². The van der Waals surface area contributed by atoms with Gasteiger partial charge in [-0.15, -0.1) is 0 Å². The number of esters is 4. The van der Waals surface area contributed by atoms with E-state index in [1.54, 1.807) is 0 Å². The van der Waals surface area contributed by atoms with Crippen LogP contribution in [0.2, 0.25) is 0 Å². The van der Waals surface area contributed by atoms with Gasteiger partial charge in [0.1, 0.15) is 19.3 Å². The van der Waals surface area contributed by atoms with Gasteiger partial charge in [-0.1, -0.05) is 299 Å². The van der Waals surface area contributed by atoms with Crippen molar-refractivity contribution in [3.63, 3.8) is 0 Å². The Kier molecular flexibility index (Phi) is 59.6. The molecule has 0 aromatic rings. The lowest BCUT2D eigenvalue weighted by atomic mass is 10.0. The molecule has 0 aliphatic heterocycles. The van der Waals surface area contributed by atoms with Crippen molar-refractivity contribution >= 4 is 39.5 Å². The molecule has 0 fully saturated rings. The first-order chi connectivity index (χ1) is 42.7. The minimum atomic E-state index is -4.95. The van der Waals surface area contributed by atoms with E-state index in [2.05, 4.69) is 48.5 Å². The number of hydrogen-bond acceptors (Lipinski definition) is 15. The van der Waals surface area contributed by atoms with Gasteiger partial charge in [-0.2, -0.15) is 0 Å². The highest BCUT2D eigenvalue weighted by atomic mass is 31.2. The first kappa shape index (κ1) is 87.1. The number of rotatable bonds is 68. The minimum Gasteiger partial charge on any atom is -0.462 e. The number of ether oxygens (including phenoxy) is 4. The first-order valence-electron chi connectivity index (χ1n) is 36.3. The van der Waals surface area contributed by atoms with Gasteiger partial charge >= 0.3 is 39.5 Å². The molecule has 0 rings (SSSR count). The van der Waals surface area contributed by atoms with Gasteiger partial charge in [0, 0.05) is 25.7 Å². The van der Waals surface area contributed by atoms with Gasteiger partial charge in [0.05, 0.1) is 26.4 Å². The van der Waals surface area contributed by atoms with Crippen LogP contribution in [0.4, 0.5) is 0 Å². The number of carbonyl (C=O) groups excluding carboxylic acids is 4. The molecule has 0 aromatic carbocycles. The second-order valence-electron chi connectivity index (χ2n) is 26.7. The fourth-order valence-electron chi connectivity index (χ4n) is 10.5. The minimum absolute atomic E-state index is 0.106.